The molecule has 0 saturated carbocycles. The first-order chi connectivity index (χ1) is 4.70. The first-order valence-electron chi connectivity index (χ1n) is 3.09. The van der Waals surface area contributed by atoms with Crippen molar-refractivity contribution >= 4 is 0 Å². The molecule has 1 aliphatic rings. The van der Waals surface area contributed by atoms with Gasteiger partial charge in [0.2, 0.25) is 0 Å². The average Bonchev–Trinajstić information content (AvgIpc) is 2.04. The molecular formula is C8H8F2. The first-order valence-corrected chi connectivity index (χ1v) is 3.09. The van der Waals surface area contributed by atoms with Crippen LogP contribution in [0.25, 0.3) is 0 Å². The molecule has 1 aliphatic carbocycles. The van der Waals surface area contributed by atoms with Crippen molar-refractivity contribution in [1.29, 1.82) is 0 Å². The van der Waals surface area contributed by atoms with Gasteiger partial charge in [-0.1, -0.05) is 6.08 Å². The van der Waals surface area contributed by atoms with E-state index in [0.717, 1.165) is 0 Å². The highest BCUT2D eigenvalue weighted by molar-refractivity contribution is 5.30. The van der Waals surface area contributed by atoms with Crippen molar-refractivity contribution in [3.63, 3.8) is 0 Å². The molecule has 0 aliphatic heterocycles. The normalized spacial score (nSPS) is 18.9. The Hall–Kier alpha value is -0.920. The summed E-state index contributed by atoms with van der Waals surface area (Å²) in [4.78, 5) is 0. The third-order valence-electron chi connectivity index (χ3n) is 1.40. The van der Waals surface area contributed by atoms with Crippen LogP contribution >= 0.6 is 0 Å². The lowest BCUT2D eigenvalue weighted by Crippen LogP contribution is -1.73. The highest BCUT2D eigenvalue weighted by Crippen LogP contribution is 2.18. The third kappa shape index (κ3) is 1.53. The van der Waals surface area contributed by atoms with E-state index in [9.17, 15) is 8.78 Å². The second kappa shape index (κ2) is 2.78. The van der Waals surface area contributed by atoms with Crippen molar-refractivity contribution in [3.8, 4) is 0 Å². The predicted octanol–water partition coefficient (Wildman–Crippen LogP) is 3.04. The van der Waals surface area contributed by atoms with Crippen LogP contribution in [0.4, 0.5) is 8.78 Å². The maximum Gasteiger partial charge on any atom is 0.119 e. The van der Waals surface area contributed by atoms with Gasteiger partial charge in [0, 0.05) is 6.42 Å². The number of rotatable bonds is 0. The van der Waals surface area contributed by atoms with Crippen molar-refractivity contribution in [2.45, 2.75) is 13.3 Å². The standard InChI is InChI=1S/C8H8F2/c1-6-2-3-7(9)4-5-8(6)10/h2-4H,5H2,1H3. The fourth-order valence-electron chi connectivity index (χ4n) is 0.711. The van der Waals surface area contributed by atoms with Crippen LogP contribution in [0.3, 0.4) is 0 Å². The fraction of sp³-hybridized carbons (Fsp3) is 0.250. The number of halogens is 2. The monoisotopic (exact) mass is 142 g/mol. The summed E-state index contributed by atoms with van der Waals surface area (Å²) < 4.78 is 25.0. The predicted molar refractivity (Wildman–Crippen MR) is 36.8 cm³/mol. The molecule has 2 heteroatoms. The SMILES string of the molecule is CC1=C(F)CC=C(F)C=C1. The molecule has 0 amide bonds. The minimum atomic E-state index is -0.369. The second-order valence-electron chi connectivity index (χ2n) is 2.21. The van der Waals surface area contributed by atoms with Gasteiger partial charge >= 0.3 is 0 Å². The molecule has 0 atom stereocenters. The number of hydrogen-bond acceptors (Lipinski definition) is 0. The van der Waals surface area contributed by atoms with Crippen LogP contribution in [0.5, 0.6) is 0 Å². The molecule has 0 heterocycles. The minimum Gasteiger partial charge on any atom is -0.211 e. The molecule has 0 unspecified atom stereocenters. The molecular weight excluding hydrogens is 134 g/mol. The topological polar surface area (TPSA) is 0 Å². The van der Waals surface area contributed by atoms with E-state index in [0.29, 0.717) is 5.57 Å². The Kier molecular flexibility index (Phi) is 2.00. The lowest BCUT2D eigenvalue weighted by Gasteiger charge is -1.90. The smallest absolute Gasteiger partial charge is 0.119 e. The van der Waals surface area contributed by atoms with Crippen molar-refractivity contribution in [3.05, 3.63) is 35.5 Å². The lowest BCUT2D eigenvalue weighted by atomic mass is 10.2. The van der Waals surface area contributed by atoms with E-state index < -0.39 is 0 Å². The van der Waals surface area contributed by atoms with Crippen LogP contribution in [-0.4, -0.2) is 0 Å². The Morgan fingerprint density at radius 1 is 1.30 bits per heavy atom. The average molecular weight is 142 g/mol. The molecule has 0 aromatic carbocycles. The van der Waals surface area contributed by atoms with Gasteiger partial charge in [0.25, 0.3) is 0 Å². The maximum atomic E-state index is 12.6. The summed E-state index contributed by atoms with van der Waals surface area (Å²) in [5.41, 5.74) is 0.504. The summed E-state index contributed by atoms with van der Waals surface area (Å²) in [6.07, 6.45) is 4.00. The molecule has 0 saturated heterocycles. The van der Waals surface area contributed by atoms with Crippen LogP contribution in [0.15, 0.2) is 35.5 Å². The van der Waals surface area contributed by atoms with Gasteiger partial charge in [-0.05, 0) is 24.6 Å². The summed E-state index contributed by atoms with van der Waals surface area (Å²) in [7, 11) is 0. The van der Waals surface area contributed by atoms with Gasteiger partial charge in [-0.25, -0.2) is 8.78 Å². The van der Waals surface area contributed by atoms with E-state index in [-0.39, 0.29) is 18.1 Å². The number of hydrogen-bond donors (Lipinski definition) is 0. The number of allylic oxidation sites excluding steroid dienone is 6. The van der Waals surface area contributed by atoms with Gasteiger partial charge in [-0.2, -0.15) is 0 Å². The summed E-state index contributed by atoms with van der Waals surface area (Å²) in [5, 5.41) is 0. The third-order valence-corrected chi connectivity index (χ3v) is 1.40. The first kappa shape index (κ1) is 7.19. The molecule has 0 spiro atoms. The molecule has 0 aromatic heterocycles. The molecule has 1 rings (SSSR count). The summed E-state index contributed by atoms with van der Waals surface area (Å²) in [6, 6.07) is 0. The zero-order valence-electron chi connectivity index (χ0n) is 5.70. The van der Waals surface area contributed by atoms with Gasteiger partial charge in [-0.15, -0.1) is 0 Å². The van der Waals surface area contributed by atoms with E-state index in [4.69, 9.17) is 0 Å². The van der Waals surface area contributed by atoms with E-state index in [1.165, 1.54) is 18.2 Å². The zero-order valence-corrected chi connectivity index (χ0v) is 5.70. The second-order valence-corrected chi connectivity index (χ2v) is 2.21. The molecule has 54 valence electrons. The molecule has 10 heavy (non-hydrogen) atoms. The lowest BCUT2D eigenvalue weighted by molar-refractivity contribution is 0.603. The van der Waals surface area contributed by atoms with Crippen LogP contribution in [0.1, 0.15) is 13.3 Å². The van der Waals surface area contributed by atoms with Crippen LogP contribution < -0.4 is 0 Å². The highest BCUT2D eigenvalue weighted by atomic mass is 19.1. The van der Waals surface area contributed by atoms with Crippen molar-refractivity contribution in [2.24, 2.45) is 0 Å². The van der Waals surface area contributed by atoms with E-state index in [1.807, 2.05) is 0 Å². The van der Waals surface area contributed by atoms with Crippen molar-refractivity contribution in [1.82, 2.24) is 0 Å². The Labute approximate surface area is 58.6 Å². The molecule has 0 N–H and O–H groups in total. The zero-order chi connectivity index (χ0) is 7.56. The highest BCUT2D eigenvalue weighted by Gasteiger charge is 2.01. The van der Waals surface area contributed by atoms with E-state index >= 15 is 0 Å². The van der Waals surface area contributed by atoms with Crippen molar-refractivity contribution in [2.75, 3.05) is 0 Å². The summed E-state index contributed by atoms with van der Waals surface area (Å²) in [6.45, 7) is 1.62. The quantitative estimate of drug-likeness (QED) is 0.487. The Bertz CT molecular complexity index is 221. The van der Waals surface area contributed by atoms with Gasteiger partial charge in [0.15, 0.2) is 0 Å². The van der Waals surface area contributed by atoms with Gasteiger partial charge < -0.3 is 0 Å². The fourth-order valence-corrected chi connectivity index (χ4v) is 0.711. The summed E-state index contributed by atoms with van der Waals surface area (Å²) in [5.74, 6) is -0.629. The van der Waals surface area contributed by atoms with Crippen LogP contribution in [0.2, 0.25) is 0 Å². The van der Waals surface area contributed by atoms with Crippen molar-refractivity contribution < 1.29 is 8.78 Å². The molecule has 0 radical (unpaired) electrons. The summed E-state index contributed by atoms with van der Waals surface area (Å²) >= 11 is 0. The molecule has 0 nitrogen and oxygen atoms in total. The largest absolute Gasteiger partial charge is 0.211 e. The molecule has 0 bridgehead atoms. The van der Waals surface area contributed by atoms with E-state index in [1.54, 1.807) is 6.92 Å². The van der Waals surface area contributed by atoms with Gasteiger partial charge in [-0.3, -0.25) is 0 Å². The van der Waals surface area contributed by atoms with Gasteiger partial charge in [0.1, 0.15) is 11.7 Å². The minimum absolute atomic E-state index is 0.0741. The Morgan fingerprint density at radius 3 is 2.70 bits per heavy atom. The molecule has 0 fully saturated rings. The maximum absolute atomic E-state index is 12.6. The van der Waals surface area contributed by atoms with Crippen LogP contribution in [0, 0.1) is 0 Å². The Morgan fingerprint density at radius 2 is 2.00 bits per heavy atom. The Balaban J connectivity index is 2.89. The molecule has 0 aromatic rings. The van der Waals surface area contributed by atoms with Crippen LogP contribution in [-0.2, 0) is 0 Å². The van der Waals surface area contributed by atoms with Gasteiger partial charge in [0.05, 0.1) is 0 Å². The van der Waals surface area contributed by atoms with E-state index in [2.05, 4.69) is 0 Å².